The molecule has 1 aliphatic heterocycles. The van der Waals surface area contributed by atoms with Crippen LogP contribution in [0.3, 0.4) is 0 Å². The van der Waals surface area contributed by atoms with Gasteiger partial charge in [-0.3, -0.25) is 5.10 Å². The zero-order valence-electron chi connectivity index (χ0n) is 7.44. The number of nitrogens with one attached hydrogen (secondary N) is 1. The first-order chi connectivity index (χ1) is 6.38. The molecule has 0 aliphatic carbocycles. The molecule has 1 aromatic heterocycles. The average Bonchev–Trinajstić information content (AvgIpc) is 2.71. The average molecular weight is 182 g/mol. The normalized spacial score (nSPS) is 21.6. The minimum absolute atomic E-state index is 0.0219. The van der Waals surface area contributed by atoms with Crippen molar-refractivity contribution >= 4 is 0 Å². The summed E-state index contributed by atoms with van der Waals surface area (Å²) in [5, 5.41) is 6.60. The molecule has 1 aliphatic rings. The van der Waals surface area contributed by atoms with Gasteiger partial charge in [0, 0.05) is 13.2 Å². The molecule has 1 aromatic rings. The lowest BCUT2D eigenvalue weighted by Crippen LogP contribution is -2.28. The fourth-order valence-electron chi connectivity index (χ4n) is 1.67. The minimum atomic E-state index is -0.0219. The molecule has 2 rings (SSSR count). The molecule has 72 valence electrons. The topological polar surface area (TPSA) is 76.8 Å². The van der Waals surface area contributed by atoms with Crippen LogP contribution in [0.15, 0.2) is 6.33 Å². The number of aromatic amines is 1. The second kappa shape index (κ2) is 3.85. The highest BCUT2D eigenvalue weighted by Crippen LogP contribution is 2.25. The Hall–Kier alpha value is -0.940. The monoisotopic (exact) mass is 182 g/mol. The van der Waals surface area contributed by atoms with Crippen molar-refractivity contribution in [3.05, 3.63) is 12.2 Å². The van der Waals surface area contributed by atoms with Crippen LogP contribution in [0.2, 0.25) is 0 Å². The number of nitrogens with zero attached hydrogens (tertiary/aromatic N) is 2. The molecular weight excluding hydrogens is 168 g/mol. The molecule has 1 unspecified atom stereocenters. The highest BCUT2D eigenvalue weighted by atomic mass is 16.5. The van der Waals surface area contributed by atoms with E-state index in [4.69, 9.17) is 10.5 Å². The van der Waals surface area contributed by atoms with Crippen molar-refractivity contribution < 1.29 is 4.74 Å². The van der Waals surface area contributed by atoms with Crippen LogP contribution in [0.25, 0.3) is 0 Å². The van der Waals surface area contributed by atoms with Gasteiger partial charge in [-0.25, -0.2) is 4.98 Å². The summed E-state index contributed by atoms with van der Waals surface area (Å²) < 4.78 is 5.27. The van der Waals surface area contributed by atoms with E-state index in [-0.39, 0.29) is 6.04 Å². The Morgan fingerprint density at radius 2 is 2.31 bits per heavy atom. The van der Waals surface area contributed by atoms with Crippen LogP contribution in [-0.4, -0.2) is 28.4 Å². The molecule has 0 saturated carbocycles. The highest BCUT2D eigenvalue weighted by Gasteiger charge is 2.23. The van der Waals surface area contributed by atoms with E-state index in [2.05, 4.69) is 15.2 Å². The number of hydrogen-bond acceptors (Lipinski definition) is 4. The molecule has 5 heteroatoms. The number of nitrogens with two attached hydrogens (primary N) is 1. The van der Waals surface area contributed by atoms with Crippen LogP contribution in [0.5, 0.6) is 0 Å². The number of rotatable bonds is 2. The van der Waals surface area contributed by atoms with E-state index in [1.54, 1.807) is 0 Å². The van der Waals surface area contributed by atoms with Crippen molar-refractivity contribution in [1.29, 1.82) is 0 Å². The third-order valence-electron chi connectivity index (χ3n) is 2.52. The number of aromatic nitrogens is 3. The second-order valence-corrected chi connectivity index (χ2v) is 3.35. The lowest BCUT2D eigenvalue weighted by molar-refractivity contribution is 0.0575. The third kappa shape index (κ3) is 1.87. The predicted molar refractivity (Wildman–Crippen MR) is 46.9 cm³/mol. The van der Waals surface area contributed by atoms with Gasteiger partial charge in [-0.2, -0.15) is 5.10 Å². The molecule has 2 heterocycles. The van der Waals surface area contributed by atoms with Crippen molar-refractivity contribution in [2.75, 3.05) is 13.2 Å². The van der Waals surface area contributed by atoms with Gasteiger partial charge in [0.05, 0.1) is 6.04 Å². The van der Waals surface area contributed by atoms with E-state index in [0.29, 0.717) is 5.92 Å². The van der Waals surface area contributed by atoms with E-state index in [1.807, 2.05) is 0 Å². The number of H-pyrrole nitrogens is 1. The predicted octanol–water partition coefficient (Wildman–Crippen LogP) is 0.231. The zero-order valence-corrected chi connectivity index (χ0v) is 7.44. The highest BCUT2D eigenvalue weighted by molar-refractivity contribution is 4.93. The Labute approximate surface area is 76.7 Å². The number of hydrogen-bond donors (Lipinski definition) is 2. The van der Waals surface area contributed by atoms with Gasteiger partial charge in [0.1, 0.15) is 12.2 Å². The molecule has 5 nitrogen and oxygen atoms in total. The largest absolute Gasteiger partial charge is 0.381 e. The molecule has 0 amide bonds. The van der Waals surface area contributed by atoms with Gasteiger partial charge in [-0.15, -0.1) is 0 Å². The Morgan fingerprint density at radius 3 is 2.92 bits per heavy atom. The first-order valence-electron chi connectivity index (χ1n) is 4.56. The van der Waals surface area contributed by atoms with E-state index in [9.17, 15) is 0 Å². The molecule has 1 fully saturated rings. The second-order valence-electron chi connectivity index (χ2n) is 3.35. The standard InChI is InChI=1S/C8H14N4O/c9-7(8-10-5-11-12-8)6-1-3-13-4-2-6/h5-7H,1-4,9H2,(H,10,11,12). The maximum atomic E-state index is 6.02. The maximum absolute atomic E-state index is 6.02. The van der Waals surface area contributed by atoms with Crippen LogP contribution in [0.1, 0.15) is 24.7 Å². The van der Waals surface area contributed by atoms with Crippen LogP contribution in [0.4, 0.5) is 0 Å². The van der Waals surface area contributed by atoms with Crippen LogP contribution >= 0.6 is 0 Å². The third-order valence-corrected chi connectivity index (χ3v) is 2.52. The van der Waals surface area contributed by atoms with Crippen molar-refractivity contribution in [2.45, 2.75) is 18.9 Å². The van der Waals surface area contributed by atoms with Crippen molar-refractivity contribution in [2.24, 2.45) is 11.7 Å². The van der Waals surface area contributed by atoms with Gasteiger partial charge in [-0.1, -0.05) is 0 Å². The lowest BCUT2D eigenvalue weighted by Gasteiger charge is -2.25. The van der Waals surface area contributed by atoms with E-state index in [0.717, 1.165) is 31.9 Å². The molecule has 3 N–H and O–H groups in total. The molecule has 1 atom stereocenters. The summed E-state index contributed by atoms with van der Waals surface area (Å²) in [7, 11) is 0. The Balaban J connectivity index is 1.99. The summed E-state index contributed by atoms with van der Waals surface area (Å²) in [5.41, 5.74) is 6.02. The number of ether oxygens (including phenoxy) is 1. The van der Waals surface area contributed by atoms with Gasteiger partial charge in [-0.05, 0) is 18.8 Å². The quantitative estimate of drug-likeness (QED) is 0.686. The first kappa shape index (κ1) is 8.65. The maximum Gasteiger partial charge on any atom is 0.141 e. The molecule has 0 radical (unpaired) electrons. The summed E-state index contributed by atoms with van der Waals surface area (Å²) in [6.07, 6.45) is 3.53. The molecule has 0 aromatic carbocycles. The Kier molecular flexibility index (Phi) is 2.56. The van der Waals surface area contributed by atoms with Crippen LogP contribution < -0.4 is 5.73 Å². The summed E-state index contributed by atoms with van der Waals surface area (Å²) in [5.74, 6) is 1.26. The minimum Gasteiger partial charge on any atom is -0.381 e. The summed E-state index contributed by atoms with van der Waals surface area (Å²) in [4.78, 5) is 4.06. The lowest BCUT2D eigenvalue weighted by atomic mass is 9.92. The Bertz CT molecular complexity index is 243. The molecule has 13 heavy (non-hydrogen) atoms. The fraction of sp³-hybridized carbons (Fsp3) is 0.750. The van der Waals surface area contributed by atoms with Crippen molar-refractivity contribution in [1.82, 2.24) is 15.2 Å². The van der Waals surface area contributed by atoms with Gasteiger partial charge in [0.25, 0.3) is 0 Å². The molecular formula is C8H14N4O. The van der Waals surface area contributed by atoms with E-state index in [1.165, 1.54) is 6.33 Å². The van der Waals surface area contributed by atoms with E-state index < -0.39 is 0 Å². The molecule has 1 saturated heterocycles. The van der Waals surface area contributed by atoms with Crippen LogP contribution in [0, 0.1) is 5.92 Å². The van der Waals surface area contributed by atoms with Gasteiger partial charge < -0.3 is 10.5 Å². The molecule has 0 bridgehead atoms. The first-order valence-corrected chi connectivity index (χ1v) is 4.56. The summed E-state index contributed by atoms with van der Waals surface area (Å²) >= 11 is 0. The SMILES string of the molecule is NC(c1ncn[nH]1)C1CCOCC1. The van der Waals surface area contributed by atoms with Gasteiger partial charge >= 0.3 is 0 Å². The van der Waals surface area contributed by atoms with Crippen LogP contribution in [-0.2, 0) is 4.74 Å². The smallest absolute Gasteiger partial charge is 0.141 e. The van der Waals surface area contributed by atoms with E-state index >= 15 is 0 Å². The van der Waals surface area contributed by atoms with Gasteiger partial charge in [0.2, 0.25) is 0 Å². The molecule has 0 spiro atoms. The van der Waals surface area contributed by atoms with Gasteiger partial charge in [0.15, 0.2) is 0 Å². The van der Waals surface area contributed by atoms with Crippen molar-refractivity contribution in [3.8, 4) is 0 Å². The summed E-state index contributed by atoms with van der Waals surface area (Å²) in [6.45, 7) is 1.62. The fourth-order valence-corrected chi connectivity index (χ4v) is 1.67. The Morgan fingerprint density at radius 1 is 1.54 bits per heavy atom. The zero-order chi connectivity index (χ0) is 9.10. The van der Waals surface area contributed by atoms with Crippen molar-refractivity contribution in [3.63, 3.8) is 0 Å². The summed E-state index contributed by atoms with van der Waals surface area (Å²) in [6, 6.07) is -0.0219.